The Balaban J connectivity index is 1.92. The molecule has 1 heterocycles. The zero-order chi connectivity index (χ0) is 15.7. The largest absolute Gasteiger partial charge is 0.481 e. The monoisotopic (exact) mass is 301 g/mol. The first-order valence-electron chi connectivity index (χ1n) is 7.47. The molecule has 1 aromatic rings. The summed E-state index contributed by atoms with van der Waals surface area (Å²) < 4.78 is 5.12. The minimum absolute atomic E-state index is 0.0374. The maximum Gasteiger partial charge on any atom is 0.414 e. The van der Waals surface area contributed by atoms with E-state index in [1.165, 1.54) is 6.08 Å². The Hall–Kier alpha value is -2.30. The highest BCUT2D eigenvalue weighted by Gasteiger charge is 2.57. The average molecular weight is 301 g/mol. The first-order chi connectivity index (χ1) is 10.6. The Morgan fingerprint density at radius 3 is 2.77 bits per heavy atom. The zero-order valence-corrected chi connectivity index (χ0v) is 12.3. The SMILES string of the molecule is C=CCOC(=O)N1CCC(C2(C(=O)O)CC2)c2ccccc21. The summed E-state index contributed by atoms with van der Waals surface area (Å²) >= 11 is 0. The quantitative estimate of drug-likeness (QED) is 0.867. The first kappa shape index (κ1) is 14.6. The predicted octanol–water partition coefficient (Wildman–Crippen LogP) is 3.17. The highest BCUT2D eigenvalue weighted by atomic mass is 16.6. The number of carboxylic acid groups (broad SMARTS) is 1. The molecule has 5 nitrogen and oxygen atoms in total. The van der Waals surface area contributed by atoms with Crippen molar-refractivity contribution in [1.82, 2.24) is 0 Å². The van der Waals surface area contributed by atoms with Crippen LogP contribution in [0.3, 0.4) is 0 Å². The summed E-state index contributed by atoms with van der Waals surface area (Å²) in [6, 6.07) is 7.53. The van der Waals surface area contributed by atoms with Crippen molar-refractivity contribution in [3.63, 3.8) is 0 Å². The van der Waals surface area contributed by atoms with Crippen molar-refractivity contribution in [3.05, 3.63) is 42.5 Å². The number of amides is 1. The predicted molar refractivity (Wildman–Crippen MR) is 82.0 cm³/mol. The molecule has 0 bridgehead atoms. The van der Waals surface area contributed by atoms with Crippen LogP contribution in [0.2, 0.25) is 0 Å². The average Bonchev–Trinajstić information content (AvgIpc) is 3.33. The molecule has 1 amide bonds. The third-order valence-corrected chi connectivity index (χ3v) is 4.67. The number of hydrogen-bond donors (Lipinski definition) is 1. The van der Waals surface area contributed by atoms with Crippen LogP contribution in [0.25, 0.3) is 0 Å². The van der Waals surface area contributed by atoms with Crippen LogP contribution in [0.1, 0.15) is 30.7 Å². The molecule has 1 N–H and O–H groups in total. The molecule has 0 spiro atoms. The number of nitrogens with zero attached hydrogens (tertiary/aromatic N) is 1. The van der Waals surface area contributed by atoms with Gasteiger partial charge in [-0.15, -0.1) is 0 Å². The second-order valence-electron chi connectivity index (χ2n) is 5.88. The van der Waals surface area contributed by atoms with Gasteiger partial charge in [0.15, 0.2) is 0 Å². The van der Waals surface area contributed by atoms with Crippen LogP contribution in [-0.4, -0.2) is 30.3 Å². The van der Waals surface area contributed by atoms with E-state index in [0.717, 1.165) is 11.3 Å². The number of aliphatic carboxylic acids is 1. The molecule has 5 heteroatoms. The standard InChI is InChI=1S/C17H19NO4/c1-2-11-22-16(21)18-10-7-13(17(8-9-17)15(19)20)12-5-3-4-6-14(12)18/h2-6,13H,1,7-11H2,(H,19,20). The van der Waals surface area contributed by atoms with Gasteiger partial charge in [-0.2, -0.15) is 0 Å². The van der Waals surface area contributed by atoms with Crippen molar-refractivity contribution in [2.75, 3.05) is 18.1 Å². The van der Waals surface area contributed by atoms with Gasteiger partial charge in [0.25, 0.3) is 0 Å². The highest BCUT2D eigenvalue weighted by molar-refractivity contribution is 5.90. The Morgan fingerprint density at radius 2 is 2.14 bits per heavy atom. The Bertz CT molecular complexity index is 621. The molecule has 1 saturated carbocycles. The molecule has 1 unspecified atom stereocenters. The molecule has 0 radical (unpaired) electrons. The zero-order valence-electron chi connectivity index (χ0n) is 12.3. The Labute approximate surface area is 129 Å². The van der Waals surface area contributed by atoms with E-state index in [-0.39, 0.29) is 12.5 Å². The fourth-order valence-electron chi connectivity index (χ4n) is 3.38. The number of rotatable bonds is 4. The Morgan fingerprint density at radius 1 is 1.41 bits per heavy atom. The van der Waals surface area contributed by atoms with E-state index < -0.39 is 17.5 Å². The second-order valence-corrected chi connectivity index (χ2v) is 5.88. The minimum atomic E-state index is -0.727. The lowest BCUT2D eigenvalue weighted by Gasteiger charge is -2.36. The van der Waals surface area contributed by atoms with E-state index in [9.17, 15) is 14.7 Å². The fraction of sp³-hybridized carbons (Fsp3) is 0.412. The third kappa shape index (κ3) is 2.26. The van der Waals surface area contributed by atoms with E-state index >= 15 is 0 Å². The molecule has 1 aromatic carbocycles. The summed E-state index contributed by atoms with van der Waals surface area (Å²) in [6.07, 6.45) is 3.18. The number of benzene rings is 1. The third-order valence-electron chi connectivity index (χ3n) is 4.67. The van der Waals surface area contributed by atoms with Gasteiger partial charge >= 0.3 is 12.1 Å². The van der Waals surface area contributed by atoms with Gasteiger partial charge in [-0.25, -0.2) is 4.79 Å². The van der Waals surface area contributed by atoms with E-state index in [1.807, 2.05) is 24.3 Å². The molecule has 1 atom stereocenters. The van der Waals surface area contributed by atoms with Gasteiger partial charge in [-0.05, 0) is 30.9 Å². The van der Waals surface area contributed by atoms with Crippen LogP contribution in [0.4, 0.5) is 10.5 Å². The molecular formula is C17H19NO4. The number of para-hydroxylation sites is 1. The molecule has 3 rings (SSSR count). The maximum atomic E-state index is 12.2. The highest BCUT2D eigenvalue weighted by Crippen LogP contribution is 2.60. The van der Waals surface area contributed by atoms with Gasteiger partial charge in [-0.1, -0.05) is 30.9 Å². The van der Waals surface area contributed by atoms with Crippen LogP contribution < -0.4 is 4.90 Å². The van der Waals surface area contributed by atoms with Crippen LogP contribution >= 0.6 is 0 Å². The number of hydrogen-bond acceptors (Lipinski definition) is 3. The summed E-state index contributed by atoms with van der Waals surface area (Å²) in [5, 5.41) is 9.56. The first-order valence-corrected chi connectivity index (χ1v) is 7.47. The van der Waals surface area contributed by atoms with E-state index in [1.54, 1.807) is 4.90 Å². The minimum Gasteiger partial charge on any atom is -0.481 e. The molecule has 116 valence electrons. The second kappa shape index (κ2) is 5.48. The van der Waals surface area contributed by atoms with Crippen molar-refractivity contribution in [1.29, 1.82) is 0 Å². The fourth-order valence-corrected chi connectivity index (χ4v) is 3.38. The maximum absolute atomic E-state index is 12.2. The summed E-state index contributed by atoms with van der Waals surface area (Å²) in [4.78, 5) is 25.4. The molecule has 2 aliphatic rings. The van der Waals surface area contributed by atoms with Crippen molar-refractivity contribution in [3.8, 4) is 0 Å². The van der Waals surface area contributed by atoms with Crippen molar-refractivity contribution < 1.29 is 19.4 Å². The molecule has 1 aliphatic carbocycles. The summed E-state index contributed by atoms with van der Waals surface area (Å²) in [5.74, 6) is -0.764. The molecule has 1 aliphatic heterocycles. The Kier molecular flexibility index (Phi) is 3.64. The van der Waals surface area contributed by atoms with Gasteiger partial charge in [0.05, 0.1) is 11.1 Å². The van der Waals surface area contributed by atoms with Crippen molar-refractivity contribution >= 4 is 17.7 Å². The van der Waals surface area contributed by atoms with E-state index in [0.29, 0.717) is 25.8 Å². The molecule has 0 saturated heterocycles. The molecular weight excluding hydrogens is 282 g/mol. The van der Waals surface area contributed by atoms with Gasteiger partial charge in [-0.3, -0.25) is 9.69 Å². The van der Waals surface area contributed by atoms with Gasteiger partial charge in [0.2, 0.25) is 0 Å². The molecule has 0 aromatic heterocycles. The van der Waals surface area contributed by atoms with Crippen molar-refractivity contribution in [2.45, 2.75) is 25.2 Å². The lowest BCUT2D eigenvalue weighted by Crippen LogP contribution is -2.40. The summed E-state index contributed by atoms with van der Waals surface area (Å²) in [6.45, 7) is 4.18. The van der Waals surface area contributed by atoms with Gasteiger partial charge < -0.3 is 9.84 Å². The van der Waals surface area contributed by atoms with E-state index in [4.69, 9.17) is 4.74 Å². The number of anilines is 1. The number of ether oxygens (including phenoxy) is 1. The number of carboxylic acids is 1. The van der Waals surface area contributed by atoms with Crippen LogP contribution in [0.15, 0.2) is 36.9 Å². The van der Waals surface area contributed by atoms with Crippen LogP contribution in [0.5, 0.6) is 0 Å². The van der Waals surface area contributed by atoms with Crippen molar-refractivity contribution in [2.24, 2.45) is 5.41 Å². The number of carbonyl (C=O) groups excluding carboxylic acids is 1. The normalized spacial score (nSPS) is 21.6. The molecule has 1 fully saturated rings. The van der Waals surface area contributed by atoms with Gasteiger partial charge in [0, 0.05) is 12.5 Å². The number of carbonyl (C=O) groups is 2. The topological polar surface area (TPSA) is 66.8 Å². The summed E-state index contributed by atoms with van der Waals surface area (Å²) in [5.41, 5.74) is 1.05. The summed E-state index contributed by atoms with van der Waals surface area (Å²) in [7, 11) is 0. The lowest BCUT2D eigenvalue weighted by molar-refractivity contribution is -0.144. The smallest absolute Gasteiger partial charge is 0.414 e. The van der Waals surface area contributed by atoms with E-state index in [2.05, 4.69) is 6.58 Å². The van der Waals surface area contributed by atoms with Gasteiger partial charge in [0.1, 0.15) is 6.61 Å². The lowest BCUT2D eigenvalue weighted by atomic mass is 9.78. The molecule has 22 heavy (non-hydrogen) atoms. The number of fused-ring (bicyclic) bond motifs is 1. The van der Waals surface area contributed by atoms with Crippen LogP contribution in [0, 0.1) is 5.41 Å². The van der Waals surface area contributed by atoms with Crippen LogP contribution in [-0.2, 0) is 9.53 Å².